The van der Waals surface area contributed by atoms with Crippen molar-refractivity contribution >= 4 is 29.0 Å². The Hall–Kier alpha value is -2.15. The van der Waals surface area contributed by atoms with E-state index < -0.39 is 0 Å². The van der Waals surface area contributed by atoms with Crippen LogP contribution in [0.25, 0.3) is 0 Å². The highest BCUT2D eigenvalue weighted by atomic mass is 32.2. The molecule has 0 bridgehead atoms. The van der Waals surface area contributed by atoms with E-state index in [0.29, 0.717) is 17.1 Å². The first kappa shape index (κ1) is 12.9. The minimum atomic E-state index is -0.158. The molecule has 104 valence electrons. The molecule has 0 radical (unpaired) electrons. The summed E-state index contributed by atoms with van der Waals surface area (Å²) in [6, 6.07) is 5.55. The maximum Gasteiger partial charge on any atom is 0.262 e. The van der Waals surface area contributed by atoms with E-state index in [2.05, 4.69) is 10.4 Å². The van der Waals surface area contributed by atoms with Crippen molar-refractivity contribution in [2.24, 2.45) is 7.05 Å². The van der Waals surface area contributed by atoms with Gasteiger partial charge in [-0.2, -0.15) is 5.10 Å². The number of anilines is 2. The fourth-order valence-corrected chi connectivity index (χ4v) is 2.99. The van der Waals surface area contributed by atoms with Crippen LogP contribution < -0.4 is 15.8 Å². The molecule has 3 N–H and O–H groups in total. The number of benzene rings is 1. The molecule has 3 rings (SSSR count). The van der Waals surface area contributed by atoms with Gasteiger partial charge in [-0.3, -0.25) is 9.48 Å². The van der Waals surface area contributed by atoms with Gasteiger partial charge in [0, 0.05) is 23.7 Å². The number of hydrogen-bond acceptors (Lipinski definition) is 5. The van der Waals surface area contributed by atoms with E-state index in [1.54, 1.807) is 10.7 Å². The van der Waals surface area contributed by atoms with Gasteiger partial charge in [0.2, 0.25) is 0 Å². The van der Waals surface area contributed by atoms with Crippen LogP contribution in [0.1, 0.15) is 5.69 Å². The monoisotopic (exact) mass is 290 g/mol. The van der Waals surface area contributed by atoms with Gasteiger partial charge in [0.15, 0.2) is 6.61 Å². The first-order valence-corrected chi connectivity index (χ1v) is 6.89. The molecule has 1 amide bonds. The fourth-order valence-electron chi connectivity index (χ4n) is 2.01. The molecule has 0 unspecified atom stereocenters. The molecule has 0 spiro atoms. The summed E-state index contributed by atoms with van der Waals surface area (Å²) >= 11 is 1.50. The lowest BCUT2D eigenvalue weighted by atomic mass is 10.2. The molecule has 0 aliphatic carbocycles. The summed E-state index contributed by atoms with van der Waals surface area (Å²) < 4.78 is 7.13. The number of nitrogens with zero attached hydrogens (tertiary/aromatic N) is 2. The Kier molecular flexibility index (Phi) is 3.06. The number of ether oxygens (including phenoxy) is 1. The van der Waals surface area contributed by atoms with Gasteiger partial charge in [-0.25, -0.2) is 0 Å². The van der Waals surface area contributed by atoms with Gasteiger partial charge < -0.3 is 15.8 Å². The molecule has 20 heavy (non-hydrogen) atoms. The third kappa shape index (κ3) is 2.32. The highest BCUT2D eigenvalue weighted by Gasteiger charge is 2.18. The molecule has 7 heteroatoms. The zero-order valence-electron chi connectivity index (χ0n) is 11.1. The van der Waals surface area contributed by atoms with E-state index in [4.69, 9.17) is 10.5 Å². The maximum atomic E-state index is 11.3. The van der Waals surface area contributed by atoms with E-state index >= 15 is 0 Å². The molecular formula is C13H14N4O2S. The molecule has 1 aromatic carbocycles. The van der Waals surface area contributed by atoms with Gasteiger partial charge in [-0.1, -0.05) is 11.8 Å². The lowest BCUT2D eigenvalue weighted by Gasteiger charge is -2.19. The number of rotatable bonds is 2. The third-order valence-electron chi connectivity index (χ3n) is 2.92. The first-order chi connectivity index (χ1) is 9.52. The average molecular weight is 290 g/mol. The largest absolute Gasteiger partial charge is 0.482 e. The van der Waals surface area contributed by atoms with Gasteiger partial charge in [0.05, 0.1) is 16.4 Å². The standard InChI is InChI=1S/C13H14N4O2S/c1-7-3-13(17(2)16-7)20-11-5-9-10(4-8(11)14)19-6-12(18)15-9/h3-5H,6,14H2,1-2H3,(H,15,18). The second kappa shape index (κ2) is 4.75. The SMILES string of the molecule is Cc1cc(Sc2cc3c(cc2N)OCC(=O)N3)n(C)n1. The Bertz CT molecular complexity index is 696. The normalized spacial score (nSPS) is 13.6. The van der Waals surface area contributed by atoms with E-state index in [1.165, 1.54) is 11.8 Å². The molecule has 2 heterocycles. The van der Waals surface area contributed by atoms with Crippen LogP contribution in [0.2, 0.25) is 0 Å². The Labute approximate surface area is 120 Å². The van der Waals surface area contributed by atoms with Crippen molar-refractivity contribution in [3.8, 4) is 5.75 Å². The van der Waals surface area contributed by atoms with Gasteiger partial charge in [0.25, 0.3) is 5.91 Å². The highest BCUT2D eigenvalue weighted by Crippen LogP contribution is 2.39. The van der Waals surface area contributed by atoms with E-state index in [0.717, 1.165) is 15.6 Å². The summed E-state index contributed by atoms with van der Waals surface area (Å²) in [6.45, 7) is 1.97. The summed E-state index contributed by atoms with van der Waals surface area (Å²) in [5, 5.41) is 8.06. The summed E-state index contributed by atoms with van der Waals surface area (Å²) in [7, 11) is 1.88. The Morgan fingerprint density at radius 2 is 2.25 bits per heavy atom. The topological polar surface area (TPSA) is 82.2 Å². The molecule has 0 saturated heterocycles. The highest BCUT2D eigenvalue weighted by molar-refractivity contribution is 7.99. The summed E-state index contributed by atoms with van der Waals surface area (Å²) in [5.74, 6) is 0.447. The maximum absolute atomic E-state index is 11.3. The van der Waals surface area contributed by atoms with Crippen molar-refractivity contribution in [2.45, 2.75) is 16.8 Å². The van der Waals surface area contributed by atoms with E-state index in [9.17, 15) is 4.79 Å². The van der Waals surface area contributed by atoms with Crippen LogP contribution in [0.5, 0.6) is 5.75 Å². The molecule has 6 nitrogen and oxygen atoms in total. The van der Waals surface area contributed by atoms with Gasteiger partial charge in [0.1, 0.15) is 5.75 Å². The fraction of sp³-hybridized carbons (Fsp3) is 0.231. The Morgan fingerprint density at radius 3 is 2.95 bits per heavy atom. The van der Waals surface area contributed by atoms with Crippen LogP contribution in [-0.2, 0) is 11.8 Å². The number of nitrogens with one attached hydrogen (secondary N) is 1. The van der Waals surface area contributed by atoms with Crippen molar-refractivity contribution in [1.82, 2.24) is 9.78 Å². The molecule has 0 atom stereocenters. The van der Waals surface area contributed by atoms with Crippen LogP contribution in [0.3, 0.4) is 0 Å². The van der Waals surface area contributed by atoms with Crippen molar-refractivity contribution in [3.63, 3.8) is 0 Å². The van der Waals surface area contributed by atoms with Crippen molar-refractivity contribution < 1.29 is 9.53 Å². The lowest BCUT2D eigenvalue weighted by Crippen LogP contribution is -2.25. The van der Waals surface area contributed by atoms with Gasteiger partial charge in [-0.05, 0) is 19.1 Å². The van der Waals surface area contributed by atoms with Crippen molar-refractivity contribution in [2.75, 3.05) is 17.7 Å². The predicted octanol–water partition coefficient (Wildman–Crippen LogP) is 1.79. The Balaban J connectivity index is 1.96. The lowest BCUT2D eigenvalue weighted by molar-refractivity contribution is -0.118. The van der Waals surface area contributed by atoms with E-state index in [1.807, 2.05) is 26.1 Å². The number of amides is 1. The number of nitrogen functional groups attached to an aromatic ring is 1. The molecule has 1 aromatic heterocycles. The van der Waals surface area contributed by atoms with E-state index in [-0.39, 0.29) is 12.5 Å². The van der Waals surface area contributed by atoms with Crippen LogP contribution in [-0.4, -0.2) is 22.3 Å². The number of fused-ring (bicyclic) bond motifs is 1. The summed E-state index contributed by atoms with van der Waals surface area (Å²) in [6.07, 6.45) is 0. The second-order valence-electron chi connectivity index (χ2n) is 4.57. The zero-order chi connectivity index (χ0) is 14.3. The predicted molar refractivity (Wildman–Crippen MR) is 77.0 cm³/mol. The van der Waals surface area contributed by atoms with Crippen LogP contribution >= 0.6 is 11.8 Å². The number of carbonyl (C=O) groups is 1. The molecule has 0 saturated carbocycles. The zero-order valence-corrected chi connectivity index (χ0v) is 12.0. The summed E-state index contributed by atoms with van der Waals surface area (Å²) in [5.41, 5.74) is 8.25. The van der Waals surface area contributed by atoms with Crippen molar-refractivity contribution in [3.05, 3.63) is 23.9 Å². The number of nitrogens with two attached hydrogens (primary N) is 1. The van der Waals surface area contributed by atoms with Crippen LogP contribution in [0.15, 0.2) is 28.1 Å². The minimum Gasteiger partial charge on any atom is -0.482 e. The minimum absolute atomic E-state index is 0.0276. The molecule has 1 aliphatic heterocycles. The first-order valence-electron chi connectivity index (χ1n) is 6.07. The van der Waals surface area contributed by atoms with Gasteiger partial charge >= 0.3 is 0 Å². The number of hydrogen-bond donors (Lipinski definition) is 2. The summed E-state index contributed by atoms with van der Waals surface area (Å²) in [4.78, 5) is 12.2. The molecule has 2 aromatic rings. The van der Waals surface area contributed by atoms with Crippen LogP contribution in [0, 0.1) is 6.92 Å². The quantitative estimate of drug-likeness (QED) is 0.824. The molecular weight excluding hydrogens is 276 g/mol. The Morgan fingerprint density at radius 1 is 1.45 bits per heavy atom. The number of carbonyl (C=O) groups excluding carboxylic acids is 1. The number of aryl methyl sites for hydroxylation is 2. The molecule has 1 aliphatic rings. The number of aromatic nitrogens is 2. The van der Waals surface area contributed by atoms with Crippen LogP contribution in [0.4, 0.5) is 11.4 Å². The van der Waals surface area contributed by atoms with Crippen molar-refractivity contribution in [1.29, 1.82) is 0 Å². The second-order valence-corrected chi connectivity index (χ2v) is 5.63. The smallest absolute Gasteiger partial charge is 0.262 e. The van der Waals surface area contributed by atoms with Gasteiger partial charge in [-0.15, -0.1) is 0 Å². The molecule has 0 fully saturated rings. The third-order valence-corrected chi connectivity index (χ3v) is 4.08. The average Bonchev–Trinajstić information content (AvgIpc) is 2.69.